The van der Waals surface area contributed by atoms with Crippen molar-refractivity contribution in [2.24, 2.45) is 0 Å². The average molecular weight is 277 g/mol. The normalized spacial score (nSPS) is 11.6. The zero-order valence-electron chi connectivity index (χ0n) is 9.20. The van der Waals surface area contributed by atoms with E-state index >= 15 is 0 Å². The number of nitrogens with zero attached hydrogens (tertiary/aromatic N) is 2. The first-order chi connectivity index (χ1) is 8.41. The summed E-state index contributed by atoms with van der Waals surface area (Å²) in [6.45, 7) is 0. The van der Waals surface area contributed by atoms with E-state index in [0.717, 1.165) is 10.7 Å². The Labute approximate surface area is 106 Å². The van der Waals surface area contributed by atoms with Gasteiger partial charge in [-0.3, -0.25) is 0 Å². The van der Waals surface area contributed by atoms with Crippen molar-refractivity contribution in [3.63, 3.8) is 0 Å². The van der Waals surface area contributed by atoms with Crippen molar-refractivity contribution >= 4 is 11.6 Å². The van der Waals surface area contributed by atoms with E-state index in [1.165, 1.54) is 7.11 Å². The molecule has 18 heavy (non-hydrogen) atoms. The molecule has 0 saturated carbocycles. The maximum atomic E-state index is 12.5. The van der Waals surface area contributed by atoms with Crippen molar-refractivity contribution in [2.45, 2.75) is 6.18 Å². The minimum absolute atomic E-state index is 0.104. The number of alkyl halides is 3. The van der Waals surface area contributed by atoms with E-state index in [-0.39, 0.29) is 5.15 Å². The quantitative estimate of drug-likeness (QED) is 0.839. The van der Waals surface area contributed by atoms with Gasteiger partial charge in [-0.2, -0.15) is 18.3 Å². The molecule has 0 aliphatic heterocycles. The van der Waals surface area contributed by atoms with E-state index in [4.69, 9.17) is 16.3 Å². The summed E-state index contributed by atoms with van der Waals surface area (Å²) < 4.78 is 43.4. The molecule has 0 amide bonds. The summed E-state index contributed by atoms with van der Waals surface area (Å²) in [6.07, 6.45) is -4.51. The lowest BCUT2D eigenvalue weighted by molar-refractivity contribution is -0.141. The van der Waals surface area contributed by atoms with Crippen LogP contribution in [0.5, 0.6) is 5.75 Å². The first-order valence-corrected chi connectivity index (χ1v) is 5.27. The first kappa shape index (κ1) is 12.8. The van der Waals surface area contributed by atoms with Crippen LogP contribution in [0.25, 0.3) is 5.69 Å². The Morgan fingerprint density at radius 1 is 1.22 bits per heavy atom. The molecular weight excluding hydrogens is 269 g/mol. The van der Waals surface area contributed by atoms with Crippen LogP contribution in [0.3, 0.4) is 0 Å². The van der Waals surface area contributed by atoms with E-state index in [9.17, 15) is 13.2 Å². The van der Waals surface area contributed by atoms with E-state index < -0.39 is 11.9 Å². The number of rotatable bonds is 2. The van der Waals surface area contributed by atoms with Gasteiger partial charge in [-0.1, -0.05) is 11.6 Å². The molecule has 2 rings (SSSR count). The van der Waals surface area contributed by atoms with Crippen molar-refractivity contribution in [1.29, 1.82) is 0 Å². The van der Waals surface area contributed by atoms with Crippen LogP contribution in [0, 0.1) is 0 Å². The highest BCUT2D eigenvalue weighted by molar-refractivity contribution is 6.29. The largest absolute Gasteiger partial charge is 0.497 e. The van der Waals surface area contributed by atoms with E-state index in [0.29, 0.717) is 11.4 Å². The minimum Gasteiger partial charge on any atom is -0.497 e. The van der Waals surface area contributed by atoms with Gasteiger partial charge in [0, 0.05) is 6.07 Å². The summed E-state index contributed by atoms with van der Waals surface area (Å²) >= 11 is 5.73. The first-order valence-electron chi connectivity index (χ1n) is 4.89. The van der Waals surface area contributed by atoms with E-state index in [1.54, 1.807) is 24.3 Å². The summed E-state index contributed by atoms with van der Waals surface area (Å²) in [5.74, 6) is 0.595. The van der Waals surface area contributed by atoms with Gasteiger partial charge in [0.15, 0.2) is 5.69 Å². The fraction of sp³-hybridized carbons (Fsp3) is 0.182. The van der Waals surface area contributed by atoms with Crippen LogP contribution in [0.4, 0.5) is 13.2 Å². The van der Waals surface area contributed by atoms with Crippen molar-refractivity contribution in [3.8, 4) is 11.4 Å². The molecule has 2 aromatic rings. The second kappa shape index (κ2) is 4.53. The Hall–Kier alpha value is -1.69. The molecule has 0 atom stereocenters. The molecule has 0 unspecified atom stereocenters. The van der Waals surface area contributed by atoms with Gasteiger partial charge in [0.2, 0.25) is 0 Å². The van der Waals surface area contributed by atoms with Gasteiger partial charge in [0.1, 0.15) is 10.9 Å². The van der Waals surface area contributed by atoms with Crippen molar-refractivity contribution in [3.05, 3.63) is 41.2 Å². The fourth-order valence-corrected chi connectivity index (χ4v) is 1.64. The van der Waals surface area contributed by atoms with Crippen LogP contribution >= 0.6 is 11.6 Å². The molecule has 0 aliphatic rings. The number of benzene rings is 1. The van der Waals surface area contributed by atoms with Gasteiger partial charge >= 0.3 is 6.18 Å². The number of aromatic nitrogens is 2. The van der Waals surface area contributed by atoms with Crippen LogP contribution in [-0.2, 0) is 6.18 Å². The van der Waals surface area contributed by atoms with E-state index in [1.807, 2.05) is 0 Å². The molecule has 3 nitrogen and oxygen atoms in total. The van der Waals surface area contributed by atoms with Crippen LogP contribution in [0.1, 0.15) is 5.69 Å². The third-order valence-electron chi connectivity index (χ3n) is 2.27. The molecule has 96 valence electrons. The summed E-state index contributed by atoms with van der Waals surface area (Å²) in [4.78, 5) is 0. The van der Waals surface area contributed by atoms with Gasteiger partial charge in [0.05, 0.1) is 12.8 Å². The molecule has 1 heterocycles. The summed E-state index contributed by atoms with van der Waals surface area (Å²) in [7, 11) is 1.50. The van der Waals surface area contributed by atoms with Crippen molar-refractivity contribution in [2.75, 3.05) is 7.11 Å². The molecule has 0 N–H and O–H groups in total. The SMILES string of the molecule is COc1ccc(-n2nc(C(F)(F)F)cc2Cl)cc1. The van der Waals surface area contributed by atoms with Gasteiger partial charge in [-0.05, 0) is 24.3 Å². The molecule has 0 aliphatic carbocycles. The molecule has 0 bridgehead atoms. The Kier molecular flexibility index (Phi) is 3.21. The predicted molar refractivity (Wildman–Crippen MR) is 60.1 cm³/mol. The lowest BCUT2D eigenvalue weighted by atomic mass is 10.3. The second-order valence-corrected chi connectivity index (χ2v) is 3.85. The number of hydrogen-bond donors (Lipinski definition) is 0. The molecule has 0 spiro atoms. The third kappa shape index (κ3) is 2.43. The topological polar surface area (TPSA) is 27.1 Å². The predicted octanol–water partition coefficient (Wildman–Crippen LogP) is 3.55. The zero-order valence-corrected chi connectivity index (χ0v) is 9.96. The van der Waals surface area contributed by atoms with Gasteiger partial charge in [-0.15, -0.1) is 0 Å². The highest BCUT2D eigenvalue weighted by atomic mass is 35.5. The van der Waals surface area contributed by atoms with Crippen molar-refractivity contribution in [1.82, 2.24) is 9.78 Å². The fourth-order valence-electron chi connectivity index (χ4n) is 1.40. The molecule has 7 heteroatoms. The van der Waals surface area contributed by atoms with E-state index in [2.05, 4.69) is 5.10 Å². The number of methoxy groups -OCH3 is 1. The summed E-state index contributed by atoms with van der Waals surface area (Å²) in [5.41, 5.74) is -0.598. The number of halogens is 4. The van der Waals surface area contributed by atoms with Gasteiger partial charge < -0.3 is 4.74 Å². The number of ether oxygens (including phenoxy) is 1. The highest BCUT2D eigenvalue weighted by Gasteiger charge is 2.34. The number of hydrogen-bond acceptors (Lipinski definition) is 2. The Balaban J connectivity index is 2.41. The van der Waals surface area contributed by atoms with Crippen LogP contribution in [0.2, 0.25) is 5.15 Å². The molecule has 0 radical (unpaired) electrons. The Morgan fingerprint density at radius 2 is 1.83 bits per heavy atom. The lowest BCUT2D eigenvalue weighted by Crippen LogP contribution is -2.07. The minimum atomic E-state index is -4.51. The smallest absolute Gasteiger partial charge is 0.435 e. The second-order valence-electron chi connectivity index (χ2n) is 3.46. The van der Waals surface area contributed by atoms with Crippen LogP contribution in [0.15, 0.2) is 30.3 Å². The average Bonchev–Trinajstić information content (AvgIpc) is 2.71. The van der Waals surface area contributed by atoms with Gasteiger partial charge in [0.25, 0.3) is 0 Å². The molecule has 0 fully saturated rings. The summed E-state index contributed by atoms with van der Waals surface area (Å²) in [5, 5.41) is 3.32. The summed E-state index contributed by atoms with van der Waals surface area (Å²) in [6, 6.07) is 7.14. The zero-order chi connectivity index (χ0) is 13.3. The lowest BCUT2D eigenvalue weighted by Gasteiger charge is -2.05. The van der Waals surface area contributed by atoms with Crippen molar-refractivity contribution < 1.29 is 17.9 Å². The molecular formula is C11H8ClF3N2O. The highest BCUT2D eigenvalue weighted by Crippen LogP contribution is 2.31. The molecule has 1 aromatic heterocycles. The maximum Gasteiger partial charge on any atom is 0.435 e. The maximum absolute atomic E-state index is 12.5. The standard InChI is InChI=1S/C11H8ClF3N2O/c1-18-8-4-2-7(3-5-8)17-10(12)6-9(16-17)11(13,14)15/h2-6H,1H3. The molecule has 1 aromatic carbocycles. The Morgan fingerprint density at radius 3 is 2.28 bits per heavy atom. The third-order valence-corrected chi connectivity index (χ3v) is 2.54. The van der Waals surface area contributed by atoms with Gasteiger partial charge in [-0.25, -0.2) is 4.68 Å². The molecule has 0 saturated heterocycles. The monoisotopic (exact) mass is 276 g/mol. The van der Waals surface area contributed by atoms with Crippen LogP contribution < -0.4 is 4.74 Å². The van der Waals surface area contributed by atoms with Crippen LogP contribution in [-0.4, -0.2) is 16.9 Å². The Bertz CT molecular complexity index is 548.